The minimum Gasteiger partial charge on any atom is -0.322 e. The van der Waals surface area contributed by atoms with Crippen molar-refractivity contribution in [2.45, 2.75) is 13.5 Å². The van der Waals surface area contributed by atoms with Crippen LogP contribution in [0.4, 0.5) is 10.1 Å². The molecule has 0 aliphatic carbocycles. The number of aromatic nitrogens is 1. The maximum atomic E-state index is 13.6. The zero-order valence-electron chi connectivity index (χ0n) is 11.8. The molecule has 0 saturated heterocycles. The van der Waals surface area contributed by atoms with Gasteiger partial charge in [0.2, 0.25) is 0 Å². The predicted octanol–water partition coefficient (Wildman–Crippen LogP) is 3.47. The Balaban J connectivity index is 1.93. The van der Waals surface area contributed by atoms with E-state index in [9.17, 15) is 14.0 Å². The summed E-state index contributed by atoms with van der Waals surface area (Å²) in [6.45, 7) is 2.50. The van der Waals surface area contributed by atoms with Crippen LogP contribution in [0.1, 0.15) is 17.3 Å². The Morgan fingerprint density at radius 2 is 2.05 bits per heavy atom. The van der Waals surface area contributed by atoms with Gasteiger partial charge in [-0.2, -0.15) is 0 Å². The van der Waals surface area contributed by atoms with Gasteiger partial charge in [-0.25, -0.2) is 4.39 Å². The molecule has 0 atom stereocenters. The lowest BCUT2D eigenvalue weighted by Crippen LogP contribution is -2.13. The van der Waals surface area contributed by atoms with Crippen molar-refractivity contribution in [1.29, 1.82) is 0 Å². The number of benzene rings is 2. The van der Waals surface area contributed by atoms with Gasteiger partial charge < -0.3 is 5.32 Å². The van der Waals surface area contributed by atoms with E-state index in [1.54, 1.807) is 28.8 Å². The van der Waals surface area contributed by atoms with Crippen molar-refractivity contribution in [2.24, 2.45) is 0 Å². The number of carbonyl (C=O) groups excluding carboxylic acids is 1. The van der Waals surface area contributed by atoms with Gasteiger partial charge in [0.25, 0.3) is 5.91 Å². The Morgan fingerprint density at radius 3 is 2.77 bits per heavy atom. The Kier molecular flexibility index (Phi) is 3.77. The molecule has 0 radical (unpaired) electrons. The van der Waals surface area contributed by atoms with E-state index in [1.807, 2.05) is 6.92 Å². The van der Waals surface area contributed by atoms with E-state index < -0.39 is 11.7 Å². The quantitative estimate of drug-likeness (QED) is 0.804. The lowest BCUT2D eigenvalue weighted by molar-refractivity contribution is 0.102. The number of thiazole rings is 1. The van der Waals surface area contributed by atoms with Crippen molar-refractivity contribution in [3.05, 3.63) is 63.5 Å². The highest BCUT2D eigenvalue weighted by Gasteiger charge is 2.12. The summed E-state index contributed by atoms with van der Waals surface area (Å²) in [5, 5.41) is 2.65. The Bertz CT molecular complexity index is 914. The van der Waals surface area contributed by atoms with E-state index in [0.717, 1.165) is 21.6 Å². The highest BCUT2D eigenvalue weighted by Crippen LogP contribution is 2.22. The summed E-state index contributed by atoms with van der Waals surface area (Å²) in [4.78, 5) is 23.9. The monoisotopic (exact) mass is 316 g/mol. The fraction of sp³-hybridized carbons (Fsp3) is 0.125. The van der Waals surface area contributed by atoms with E-state index in [-0.39, 0.29) is 10.4 Å². The fourth-order valence-electron chi connectivity index (χ4n) is 2.29. The first-order valence-corrected chi connectivity index (χ1v) is 7.61. The number of hydrogen-bond acceptors (Lipinski definition) is 3. The molecule has 0 saturated carbocycles. The van der Waals surface area contributed by atoms with Gasteiger partial charge in [-0.05, 0) is 37.3 Å². The summed E-state index contributed by atoms with van der Waals surface area (Å²) in [7, 11) is 0. The van der Waals surface area contributed by atoms with Crippen LogP contribution in [0.3, 0.4) is 0 Å². The molecule has 1 N–H and O–H groups in total. The van der Waals surface area contributed by atoms with Crippen molar-refractivity contribution < 1.29 is 9.18 Å². The van der Waals surface area contributed by atoms with Crippen LogP contribution in [0.2, 0.25) is 0 Å². The molecule has 0 fully saturated rings. The number of anilines is 1. The number of aryl methyl sites for hydroxylation is 1. The van der Waals surface area contributed by atoms with Gasteiger partial charge in [-0.3, -0.25) is 14.2 Å². The van der Waals surface area contributed by atoms with Gasteiger partial charge in [0.15, 0.2) is 0 Å². The summed E-state index contributed by atoms with van der Waals surface area (Å²) in [6, 6.07) is 11.0. The normalized spacial score (nSPS) is 10.8. The summed E-state index contributed by atoms with van der Waals surface area (Å²) in [5.74, 6) is -1.08. The van der Waals surface area contributed by atoms with Crippen LogP contribution in [-0.4, -0.2) is 10.5 Å². The van der Waals surface area contributed by atoms with Crippen LogP contribution in [0.25, 0.3) is 10.2 Å². The molecule has 6 heteroatoms. The van der Waals surface area contributed by atoms with Gasteiger partial charge in [0.1, 0.15) is 5.82 Å². The third kappa shape index (κ3) is 2.53. The third-order valence-corrected chi connectivity index (χ3v) is 4.30. The molecular formula is C16H13FN2O2S. The van der Waals surface area contributed by atoms with E-state index in [2.05, 4.69) is 5.32 Å². The maximum Gasteiger partial charge on any atom is 0.308 e. The molecule has 3 rings (SSSR count). The Morgan fingerprint density at radius 1 is 1.27 bits per heavy atom. The smallest absolute Gasteiger partial charge is 0.308 e. The molecule has 0 bridgehead atoms. The van der Waals surface area contributed by atoms with E-state index in [4.69, 9.17) is 0 Å². The van der Waals surface area contributed by atoms with Crippen LogP contribution in [0.15, 0.2) is 47.3 Å². The van der Waals surface area contributed by atoms with Gasteiger partial charge >= 0.3 is 4.87 Å². The molecule has 2 aromatic carbocycles. The van der Waals surface area contributed by atoms with E-state index in [0.29, 0.717) is 12.2 Å². The average molecular weight is 316 g/mol. The molecule has 0 aliphatic heterocycles. The van der Waals surface area contributed by atoms with E-state index in [1.165, 1.54) is 18.2 Å². The van der Waals surface area contributed by atoms with Crippen molar-refractivity contribution in [2.75, 3.05) is 5.32 Å². The molecule has 112 valence electrons. The number of fused-ring (bicyclic) bond motifs is 1. The third-order valence-electron chi connectivity index (χ3n) is 3.36. The first kappa shape index (κ1) is 14.5. The number of hydrogen-bond donors (Lipinski definition) is 1. The topological polar surface area (TPSA) is 51.1 Å². The first-order valence-electron chi connectivity index (χ1n) is 6.79. The van der Waals surface area contributed by atoms with Crippen LogP contribution in [-0.2, 0) is 6.54 Å². The zero-order valence-corrected chi connectivity index (χ0v) is 12.6. The van der Waals surface area contributed by atoms with Crippen LogP contribution in [0.5, 0.6) is 0 Å². The van der Waals surface area contributed by atoms with Crippen LogP contribution in [0, 0.1) is 5.82 Å². The molecule has 1 heterocycles. The van der Waals surface area contributed by atoms with Crippen molar-refractivity contribution in [1.82, 2.24) is 4.57 Å². The zero-order chi connectivity index (χ0) is 15.7. The fourth-order valence-corrected chi connectivity index (χ4v) is 3.28. The predicted molar refractivity (Wildman–Crippen MR) is 86.1 cm³/mol. The molecule has 1 aromatic heterocycles. The second-order valence-corrected chi connectivity index (χ2v) is 5.72. The van der Waals surface area contributed by atoms with Crippen molar-refractivity contribution >= 4 is 33.1 Å². The minimum absolute atomic E-state index is 0.0121. The molecule has 1 amide bonds. The van der Waals surface area contributed by atoms with Gasteiger partial charge in [-0.1, -0.05) is 23.5 Å². The van der Waals surface area contributed by atoms with E-state index >= 15 is 0 Å². The highest BCUT2D eigenvalue weighted by molar-refractivity contribution is 7.16. The van der Waals surface area contributed by atoms with Gasteiger partial charge in [-0.15, -0.1) is 0 Å². The Labute approximate surface area is 129 Å². The second kappa shape index (κ2) is 5.73. The standard InChI is InChI=1S/C16H13FN2O2S/c1-2-19-13-8-7-10(9-14(13)22-16(19)21)18-15(20)11-5-3-4-6-12(11)17/h3-9H,2H2,1H3,(H,18,20). The molecular weight excluding hydrogens is 303 g/mol. The molecule has 3 aromatic rings. The number of nitrogens with zero attached hydrogens (tertiary/aromatic N) is 1. The Hall–Kier alpha value is -2.47. The number of nitrogens with one attached hydrogen (secondary N) is 1. The summed E-state index contributed by atoms with van der Waals surface area (Å²) in [6.07, 6.45) is 0. The van der Waals surface area contributed by atoms with Gasteiger partial charge in [0, 0.05) is 12.2 Å². The SMILES string of the molecule is CCn1c(=O)sc2cc(NC(=O)c3ccccc3F)ccc21. The summed E-state index contributed by atoms with van der Waals surface area (Å²) in [5.41, 5.74) is 1.36. The largest absolute Gasteiger partial charge is 0.322 e. The highest BCUT2D eigenvalue weighted by atomic mass is 32.1. The maximum absolute atomic E-state index is 13.6. The molecule has 0 spiro atoms. The lowest BCUT2D eigenvalue weighted by Gasteiger charge is -2.06. The lowest BCUT2D eigenvalue weighted by atomic mass is 10.2. The molecule has 0 aliphatic rings. The number of amides is 1. The molecule has 22 heavy (non-hydrogen) atoms. The summed E-state index contributed by atoms with van der Waals surface area (Å²) >= 11 is 1.13. The molecule has 4 nitrogen and oxygen atoms in total. The molecule has 0 unspecified atom stereocenters. The second-order valence-electron chi connectivity index (χ2n) is 4.73. The van der Waals surface area contributed by atoms with Crippen LogP contribution < -0.4 is 10.2 Å². The minimum atomic E-state index is -0.567. The number of halogens is 1. The van der Waals surface area contributed by atoms with Crippen LogP contribution >= 0.6 is 11.3 Å². The van der Waals surface area contributed by atoms with Gasteiger partial charge in [0.05, 0.1) is 15.8 Å². The average Bonchev–Trinajstić information content (AvgIpc) is 2.81. The summed E-state index contributed by atoms with van der Waals surface area (Å²) < 4.78 is 16.1. The number of rotatable bonds is 3. The number of carbonyl (C=O) groups is 1. The van der Waals surface area contributed by atoms with Crippen molar-refractivity contribution in [3.8, 4) is 0 Å². The first-order chi connectivity index (χ1) is 10.6. The van der Waals surface area contributed by atoms with Crippen molar-refractivity contribution in [3.63, 3.8) is 0 Å².